The molecule has 0 atom stereocenters. The molecule has 0 spiro atoms. The van der Waals surface area contributed by atoms with Gasteiger partial charge in [-0.05, 0) is 26.0 Å². The molecule has 2 N–H and O–H groups in total. The molecule has 0 radical (unpaired) electrons. The molecule has 0 aliphatic rings. The highest BCUT2D eigenvalue weighted by atomic mass is 15.2. The number of pyridine rings is 1. The van der Waals surface area contributed by atoms with E-state index in [9.17, 15) is 0 Å². The number of hydrogen-bond acceptors (Lipinski definition) is 2. The van der Waals surface area contributed by atoms with E-state index >= 15 is 0 Å². The highest BCUT2D eigenvalue weighted by Crippen LogP contribution is 1.92. The molecule has 0 fully saturated rings. The van der Waals surface area contributed by atoms with Crippen LogP contribution in [0.3, 0.4) is 0 Å². The Kier molecular flexibility index (Phi) is 5.32. The number of hydrogen-bond donors (Lipinski definition) is 2. The van der Waals surface area contributed by atoms with Crippen molar-refractivity contribution in [3.63, 3.8) is 0 Å². The molecule has 1 heterocycles. The van der Waals surface area contributed by atoms with Crippen molar-refractivity contribution in [2.75, 3.05) is 13.6 Å². The first-order valence-electron chi connectivity index (χ1n) is 5.59. The summed E-state index contributed by atoms with van der Waals surface area (Å²) in [5.41, 5.74) is 1.09. The molecule has 0 saturated carbocycles. The highest BCUT2D eigenvalue weighted by molar-refractivity contribution is 5.79. The van der Waals surface area contributed by atoms with Gasteiger partial charge in [-0.1, -0.05) is 6.07 Å². The van der Waals surface area contributed by atoms with Gasteiger partial charge in [0.25, 0.3) is 0 Å². The summed E-state index contributed by atoms with van der Waals surface area (Å²) in [5.74, 6) is 0.839. The van der Waals surface area contributed by atoms with E-state index in [4.69, 9.17) is 0 Å². The summed E-state index contributed by atoms with van der Waals surface area (Å²) in [6, 6.07) is 6.35. The zero-order valence-corrected chi connectivity index (χ0v) is 10.2. The Morgan fingerprint density at radius 3 is 2.81 bits per heavy atom. The molecule has 0 unspecified atom stereocenters. The summed E-state index contributed by atoms with van der Waals surface area (Å²) < 4.78 is 0. The first-order chi connectivity index (χ1) is 7.72. The van der Waals surface area contributed by atoms with Crippen LogP contribution in [0.25, 0.3) is 0 Å². The van der Waals surface area contributed by atoms with Crippen LogP contribution >= 0.6 is 0 Å². The molecule has 0 bridgehead atoms. The van der Waals surface area contributed by atoms with Crippen LogP contribution in [-0.2, 0) is 6.42 Å². The minimum absolute atomic E-state index is 0.390. The van der Waals surface area contributed by atoms with Crippen LogP contribution in [0.15, 0.2) is 29.4 Å². The van der Waals surface area contributed by atoms with E-state index in [0.29, 0.717) is 6.04 Å². The second-order valence-electron chi connectivity index (χ2n) is 3.87. The lowest BCUT2D eigenvalue weighted by Gasteiger charge is -2.14. The van der Waals surface area contributed by atoms with Crippen molar-refractivity contribution in [3.05, 3.63) is 30.1 Å². The van der Waals surface area contributed by atoms with Crippen LogP contribution in [-0.4, -0.2) is 30.6 Å². The van der Waals surface area contributed by atoms with Crippen LogP contribution < -0.4 is 10.6 Å². The Labute approximate surface area is 97.2 Å². The number of nitrogens with zero attached hydrogens (tertiary/aromatic N) is 2. The molecule has 88 valence electrons. The molecule has 1 rings (SSSR count). The monoisotopic (exact) mass is 220 g/mol. The van der Waals surface area contributed by atoms with Crippen LogP contribution in [0, 0.1) is 0 Å². The lowest BCUT2D eigenvalue weighted by molar-refractivity contribution is 0.696. The molecule has 0 aromatic carbocycles. The van der Waals surface area contributed by atoms with E-state index in [1.165, 1.54) is 0 Å². The zero-order valence-electron chi connectivity index (χ0n) is 10.2. The summed E-state index contributed by atoms with van der Waals surface area (Å²) in [6.45, 7) is 5.01. The van der Waals surface area contributed by atoms with E-state index in [2.05, 4.69) is 34.5 Å². The van der Waals surface area contributed by atoms with E-state index in [1.807, 2.05) is 24.4 Å². The number of aliphatic imine (C=N–C) groups is 1. The smallest absolute Gasteiger partial charge is 0.191 e. The third kappa shape index (κ3) is 4.77. The molecule has 4 nitrogen and oxygen atoms in total. The van der Waals surface area contributed by atoms with Gasteiger partial charge in [0.2, 0.25) is 0 Å². The van der Waals surface area contributed by atoms with E-state index in [1.54, 1.807) is 7.05 Å². The van der Waals surface area contributed by atoms with Gasteiger partial charge in [0.05, 0.1) is 0 Å². The summed E-state index contributed by atoms with van der Waals surface area (Å²) in [5, 5.41) is 6.48. The van der Waals surface area contributed by atoms with Crippen molar-refractivity contribution in [1.82, 2.24) is 15.6 Å². The Hall–Kier alpha value is -1.58. The van der Waals surface area contributed by atoms with Crippen LogP contribution in [0.1, 0.15) is 19.5 Å². The fraction of sp³-hybridized carbons (Fsp3) is 0.500. The summed E-state index contributed by atoms with van der Waals surface area (Å²) >= 11 is 0. The number of guanidine groups is 1. The van der Waals surface area contributed by atoms with Crippen molar-refractivity contribution >= 4 is 5.96 Å². The number of rotatable bonds is 4. The summed E-state index contributed by atoms with van der Waals surface area (Å²) in [4.78, 5) is 8.40. The molecule has 0 amide bonds. The van der Waals surface area contributed by atoms with Gasteiger partial charge in [0.1, 0.15) is 0 Å². The highest BCUT2D eigenvalue weighted by Gasteiger charge is 1.99. The van der Waals surface area contributed by atoms with E-state index in [-0.39, 0.29) is 0 Å². The molecule has 1 aromatic heterocycles. The van der Waals surface area contributed by atoms with Gasteiger partial charge in [-0.25, -0.2) is 0 Å². The Bertz CT molecular complexity index is 319. The van der Waals surface area contributed by atoms with Gasteiger partial charge in [-0.15, -0.1) is 0 Å². The maximum absolute atomic E-state index is 4.26. The Balaban J connectivity index is 2.29. The van der Waals surface area contributed by atoms with Crippen molar-refractivity contribution in [2.45, 2.75) is 26.3 Å². The normalized spacial score (nSPS) is 11.6. The summed E-state index contributed by atoms with van der Waals surface area (Å²) in [6.07, 6.45) is 2.72. The fourth-order valence-corrected chi connectivity index (χ4v) is 1.32. The summed E-state index contributed by atoms with van der Waals surface area (Å²) in [7, 11) is 1.78. The maximum atomic E-state index is 4.26. The quantitative estimate of drug-likeness (QED) is 0.592. The lowest BCUT2D eigenvalue weighted by atomic mass is 10.3. The Morgan fingerprint density at radius 2 is 2.25 bits per heavy atom. The van der Waals surface area contributed by atoms with Gasteiger partial charge in [0, 0.05) is 37.9 Å². The van der Waals surface area contributed by atoms with Crippen molar-refractivity contribution in [3.8, 4) is 0 Å². The largest absolute Gasteiger partial charge is 0.356 e. The number of aromatic nitrogens is 1. The van der Waals surface area contributed by atoms with Crippen LogP contribution in [0.2, 0.25) is 0 Å². The lowest BCUT2D eigenvalue weighted by Crippen LogP contribution is -2.41. The molecule has 1 aromatic rings. The molecule has 0 saturated heterocycles. The predicted molar refractivity (Wildman–Crippen MR) is 67.6 cm³/mol. The topological polar surface area (TPSA) is 49.3 Å². The molecule has 16 heavy (non-hydrogen) atoms. The second-order valence-corrected chi connectivity index (χ2v) is 3.87. The first-order valence-corrected chi connectivity index (χ1v) is 5.59. The van der Waals surface area contributed by atoms with E-state index < -0.39 is 0 Å². The van der Waals surface area contributed by atoms with Crippen LogP contribution in [0.4, 0.5) is 0 Å². The van der Waals surface area contributed by atoms with Crippen LogP contribution in [0.5, 0.6) is 0 Å². The standard InChI is InChI=1S/C12H20N4/c1-10(2)16-12(13-3)15-9-7-11-6-4-5-8-14-11/h4-6,8,10H,7,9H2,1-3H3,(H2,13,15,16). The van der Waals surface area contributed by atoms with Gasteiger partial charge in [-0.3, -0.25) is 9.98 Å². The molecular weight excluding hydrogens is 200 g/mol. The number of nitrogens with one attached hydrogen (secondary N) is 2. The zero-order chi connectivity index (χ0) is 11.8. The van der Waals surface area contributed by atoms with Gasteiger partial charge in [0.15, 0.2) is 5.96 Å². The molecule has 0 aliphatic heterocycles. The predicted octanol–water partition coefficient (Wildman–Crippen LogP) is 1.20. The average Bonchev–Trinajstić information content (AvgIpc) is 2.28. The Morgan fingerprint density at radius 1 is 1.44 bits per heavy atom. The third-order valence-corrected chi connectivity index (χ3v) is 2.05. The molecule has 0 aliphatic carbocycles. The van der Waals surface area contributed by atoms with Gasteiger partial charge < -0.3 is 10.6 Å². The third-order valence-electron chi connectivity index (χ3n) is 2.05. The van der Waals surface area contributed by atoms with Crippen molar-refractivity contribution in [1.29, 1.82) is 0 Å². The molecular formula is C12H20N4. The minimum Gasteiger partial charge on any atom is -0.356 e. The fourth-order valence-electron chi connectivity index (χ4n) is 1.32. The second kappa shape index (κ2) is 6.82. The maximum Gasteiger partial charge on any atom is 0.191 e. The van der Waals surface area contributed by atoms with Gasteiger partial charge >= 0.3 is 0 Å². The first kappa shape index (κ1) is 12.5. The minimum atomic E-state index is 0.390. The SMILES string of the molecule is CN=C(NCCc1ccccn1)NC(C)C. The average molecular weight is 220 g/mol. The van der Waals surface area contributed by atoms with Crippen molar-refractivity contribution in [2.24, 2.45) is 4.99 Å². The van der Waals surface area contributed by atoms with Crippen molar-refractivity contribution < 1.29 is 0 Å². The molecule has 4 heteroatoms. The van der Waals surface area contributed by atoms with Gasteiger partial charge in [-0.2, -0.15) is 0 Å². The van der Waals surface area contributed by atoms with E-state index in [0.717, 1.165) is 24.6 Å².